The highest BCUT2D eigenvalue weighted by Gasteiger charge is 2.12. The molecule has 0 bridgehead atoms. The molecule has 0 atom stereocenters. The molecule has 0 N–H and O–H groups in total. The highest BCUT2D eigenvalue weighted by Crippen LogP contribution is 2.32. The Morgan fingerprint density at radius 2 is 1.67 bits per heavy atom. The molecule has 3 heterocycles. The fourth-order valence-electron chi connectivity index (χ4n) is 2.57. The Bertz CT molecular complexity index is 1200. The Morgan fingerprint density at radius 3 is 2.33 bits per heavy atom. The molecule has 1 aromatic carbocycles. The van der Waals surface area contributed by atoms with Gasteiger partial charge in [-0.05, 0) is 77.6 Å². The third kappa shape index (κ3) is 4.68. The molecule has 13 heteroatoms. The molecule has 0 radical (unpaired) electrons. The topological polar surface area (TPSA) is 117 Å². The van der Waals surface area contributed by atoms with Gasteiger partial charge < -0.3 is 0 Å². The van der Waals surface area contributed by atoms with Crippen LogP contribution in [0.3, 0.4) is 0 Å². The van der Waals surface area contributed by atoms with Crippen LogP contribution in [0.15, 0.2) is 44.1 Å². The summed E-state index contributed by atoms with van der Waals surface area (Å²) < 4.78 is 4.57. The molecule has 152 valence electrons. The van der Waals surface area contributed by atoms with E-state index in [0.717, 1.165) is 19.0 Å². The smallest absolute Gasteiger partial charge is 0.224 e. The predicted octanol–water partition coefficient (Wildman–Crippen LogP) is 3.31. The van der Waals surface area contributed by atoms with Crippen molar-refractivity contribution in [2.45, 2.75) is 20.0 Å². The third-order valence-corrected chi connectivity index (χ3v) is 7.06. The molecule has 0 saturated heterocycles. The largest absolute Gasteiger partial charge is 0.298 e. The SMILES string of the molecule is CC(=O)Cn1nnc(-c2cnc(-c3cn(Cc4cc(Br)c(Br)c(Br)c4)nn3)cn2)n1. The molecule has 0 aliphatic rings. The molecule has 0 aliphatic carbocycles. The number of Topliss-reactive ketones (excluding diaryl/α,β-unsaturated/α-hetero) is 1. The summed E-state index contributed by atoms with van der Waals surface area (Å²) in [6, 6.07) is 4.02. The van der Waals surface area contributed by atoms with Crippen molar-refractivity contribution in [2.75, 3.05) is 0 Å². The fourth-order valence-corrected chi connectivity index (χ4v) is 4.08. The van der Waals surface area contributed by atoms with Crippen molar-refractivity contribution < 1.29 is 4.79 Å². The van der Waals surface area contributed by atoms with Crippen LogP contribution in [0.25, 0.3) is 22.9 Å². The summed E-state index contributed by atoms with van der Waals surface area (Å²) in [4.78, 5) is 21.1. The molecule has 30 heavy (non-hydrogen) atoms. The number of halogens is 3. The van der Waals surface area contributed by atoms with Crippen LogP contribution in [0.1, 0.15) is 12.5 Å². The lowest BCUT2D eigenvalue weighted by Crippen LogP contribution is -2.09. The average Bonchev–Trinajstić information content (AvgIpc) is 3.35. The first kappa shape index (κ1) is 20.9. The van der Waals surface area contributed by atoms with Crippen molar-refractivity contribution in [2.24, 2.45) is 0 Å². The maximum absolute atomic E-state index is 11.1. The quantitative estimate of drug-likeness (QED) is 0.311. The van der Waals surface area contributed by atoms with Crippen LogP contribution in [0, 0.1) is 0 Å². The van der Waals surface area contributed by atoms with Crippen molar-refractivity contribution in [1.29, 1.82) is 0 Å². The molecule has 0 saturated carbocycles. The molecule has 4 rings (SSSR count). The van der Waals surface area contributed by atoms with Crippen LogP contribution < -0.4 is 0 Å². The van der Waals surface area contributed by atoms with Crippen molar-refractivity contribution >= 4 is 53.6 Å². The van der Waals surface area contributed by atoms with Crippen molar-refractivity contribution in [3.8, 4) is 22.9 Å². The lowest BCUT2D eigenvalue weighted by Gasteiger charge is -2.05. The zero-order chi connectivity index (χ0) is 21.3. The molecule has 4 aromatic rings. The molecule has 10 nitrogen and oxygen atoms in total. The van der Waals surface area contributed by atoms with Gasteiger partial charge in [0.05, 0.1) is 25.1 Å². The third-order valence-electron chi connectivity index (χ3n) is 3.89. The summed E-state index contributed by atoms with van der Waals surface area (Å²) in [5.41, 5.74) is 2.66. The van der Waals surface area contributed by atoms with Gasteiger partial charge in [0.1, 0.15) is 23.6 Å². The monoisotopic (exact) mass is 595 g/mol. The molecule has 0 fully saturated rings. The summed E-state index contributed by atoms with van der Waals surface area (Å²) in [7, 11) is 0. The van der Waals surface area contributed by atoms with E-state index >= 15 is 0 Å². The fraction of sp³-hybridized carbons (Fsp3) is 0.176. The van der Waals surface area contributed by atoms with E-state index in [0.29, 0.717) is 29.5 Å². The van der Waals surface area contributed by atoms with Crippen LogP contribution in [-0.4, -0.2) is 51.0 Å². The first-order valence-electron chi connectivity index (χ1n) is 8.52. The Hall–Kier alpha value is -2.38. The summed E-state index contributed by atoms with van der Waals surface area (Å²) in [6.07, 6.45) is 4.91. The minimum Gasteiger partial charge on any atom is -0.298 e. The Kier molecular flexibility index (Phi) is 6.11. The number of rotatable bonds is 6. The maximum Gasteiger partial charge on any atom is 0.224 e. The molecule has 0 aliphatic heterocycles. The van der Waals surface area contributed by atoms with Gasteiger partial charge in [-0.2, -0.15) is 4.80 Å². The zero-order valence-electron chi connectivity index (χ0n) is 15.4. The van der Waals surface area contributed by atoms with Gasteiger partial charge in [0.25, 0.3) is 0 Å². The number of carbonyl (C=O) groups excluding carboxylic acids is 1. The number of carbonyl (C=O) groups is 1. The Balaban J connectivity index is 1.50. The lowest BCUT2D eigenvalue weighted by atomic mass is 10.2. The van der Waals surface area contributed by atoms with Gasteiger partial charge in [-0.1, -0.05) is 5.21 Å². The van der Waals surface area contributed by atoms with Crippen molar-refractivity contribution in [3.05, 3.63) is 49.7 Å². The highest BCUT2D eigenvalue weighted by atomic mass is 79.9. The first-order chi connectivity index (χ1) is 14.4. The lowest BCUT2D eigenvalue weighted by molar-refractivity contribution is -0.117. The molecule has 0 spiro atoms. The number of hydrogen-bond donors (Lipinski definition) is 0. The number of benzene rings is 1. The van der Waals surface area contributed by atoms with Gasteiger partial charge in [-0.15, -0.1) is 15.3 Å². The van der Waals surface area contributed by atoms with E-state index in [1.54, 1.807) is 17.1 Å². The number of nitrogens with zero attached hydrogens (tertiary/aromatic N) is 9. The minimum atomic E-state index is -0.0636. The van der Waals surface area contributed by atoms with Crippen LogP contribution >= 0.6 is 47.8 Å². The second-order valence-corrected chi connectivity index (χ2v) is 8.81. The maximum atomic E-state index is 11.1. The van der Waals surface area contributed by atoms with Gasteiger partial charge in [-0.25, -0.2) is 9.67 Å². The van der Waals surface area contributed by atoms with Crippen molar-refractivity contribution in [1.82, 2.24) is 45.2 Å². The van der Waals surface area contributed by atoms with Crippen LogP contribution in [0.2, 0.25) is 0 Å². The van der Waals surface area contributed by atoms with Crippen LogP contribution in [0.4, 0.5) is 0 Å². The molecular weight excluding hydrogens is 586 g/mol. The molecule has 3 aromatic heterocycles. The van der Waals surface area contributed by atoms with E-state index in [9.17, 15) is 4.79 Å². The van der Waals surface area contributed by atoms with Gasteiger partial charge in [-0.3, -0.25) is 9.78 Å². The van der Waals surface area contributed by atoms with E-state index in [-0.39, 0.29) is 12.3 Å². The summed E-state index contributed by atoms with van der Waals surface area (Å²) in [5, 5.41) is 20.2. The molecule has 0 amide bonds. The van der Waals surface area contributed by atoms with E-state index in [2.05, 4.69) is 83.5 Å². The standard InChI is InChI=1S/C17H12Br3N9O/c1-9(30)6-29-25-17(24-27-29)14-5-21-13(4-22-14)15-8-28(26-23-15)7-10-2-11(18)16(20)12(19)3-10/h2-5,8H,6-7H2,1H3. The number of tetrazole rings is 1. The van der Waals surface area contributed by atoms with Gasteiger partial charge >= 0.3 is 0 Å². The second kappa shape index (κ2) is 8.78. The number of ketones is 1. The van der Waals surface area contributed by atoms with Crippen molar-refractivity contribution in [3.63, 3.8) is 0 Å². The molecular formula is C17H12Br3N9O. The molecule has 0 unspecified atom stereocenters. The summed E-state index contributed by atoms with van der Waals surface area (Å²) >= 11 is 10.5. The van der Waals surface area contributed by atoms with Crippen LogP contribution in [-0.2, 0) is 17.9 Å². The second-order valence-electron chi connectivity index (χ2n) is 6.31. The van der Waals surface area contributed by atoms with E-state index in [1.807, 2.05) is 12.1 Å². The zero-order valence-corrected chi connectivity index (χ0v) is 20.1. The highest BCUT2D eigenvalue weighted by molar-refractivity contribution is 9.14. The minimum absolute atomic E-state index is 0.0626. The summed E-state index contributed by atoms with van der Waals surface area (Å²) in [6.45, 7) is 2.07. The predicted molar refractivity (Wildman–Crippen MR) is 117 cm³/mol. The normalized spacial score (nSPS) is 11.1. The summed E-state index contributed by atoms with van der Waals surface area (Å²) in [5.74, 6) is 0.233. The van der Waals surface area contributed by atoms with Gasteiger partial charge in [0.2, 0.25) is 5.82 Å². The number of hydrogen-bond acceptors (Lipinski definition) is 8. The van der Waals surface area contributed by atoms with Gasteiger partial charge in [0.15, 0.2) is 5.78 Å². The average molecular weight is 598 g/mol. The Labute approximate surface area is 195 Å². The Morgan fingerprint density at radius 1 is 0.967 bits per heavy atom. The van der Waals surface area contributed by atoms with Gasteiger partial charge in [0, 0.05) is 13.4 Å². The first-order valence-corrected chi connectivity index (χ1v) is 10.9. The van der Waals surface area contributed by atoms with E-state index in [4.69, 9.17) is 0 Å². The van der Waals surface area contributed by atoms with E-state index < -0.39 is 0 Å². The number of aromatic nitrogens is 9. The van der Waals surface area contributed by atoms with E-state index in [1.165, 1.54) is 17.9 Å². The van der Waals surface area contributed by atoms with Crippen LogP contribution in [0.5, 0.6) is 0 Å².